The Morgan fingerprint density at radius 3 is 2.48 bits per heavy atom. The molecule has 0 bridgehead atoms. The molecule has 114 valence electrons. The van der Waals surface area contributed by atoms with Crippen LogP contribution in [-0.2, 0) is 23.1 Å². The van der Waals surface area contributed by atoms with Crippen molar-refractivity contribution in [1.29, 1.82) is 0 Å². The lowest BCUT2D eigenvalue weighted by molar-refractivity contribution is 0.598. The molecule has 0 atom stereocenters. The first-order valence-electron chi connectivity index (χ1n) is 6.89. The highest BCUT2D eigenvalue weighted by Crippen LogP contribution is 2.15. The van der Waals surface area contributed by atoms with Crippen LogP contribution in [-0.4, -0.2) is 24.5 Å². The van der Waals surface area contributed by atoms with Gasteiger partial charge in [-0.25, -0.2) is 4.98 Å². The minimum absolute atomic E-state index is 0.0288. The van der Waals surface area contributed by atoms with Gasteiger partial charge in [0.1, 0.15) is 0 Å². The Labute approximate surface area is 125 Å². The highest BCUT2D eigenvalue weighted by molar-refractivity contribution is 7.92. The van der Waals surface area contributed by atoms with E-state index in [1.807, 2.05) is 26.0 Å². The van der Waals surface area contributed by atoms with Gasteiger partial charge in [-0.3, -0.25) is 4.72 Å². The molecule has 1 aromatic heterocycles. The summed E-state index contributed by atoms with van der Waals surface area (Å²) >= 11 is 0. The molecule has 7 heteroatoms. The summed E-state index contributed by atoms with van der Waals surface area (Å²) in [5.74, 6) is 0. The van der Waals surface area contributed by atoms with Crippen molar-refractivity contribution in [2.24, 2.45) is 0 Å². The third kappa shape index (κ3) is 4.05. The van der Waals surface area contributed by atoms with Gasteiger partial charge < -0.3 is 9.88 Å². The molecule has 2 rings (SSSR count). The van der Waals surface area contributed by atoms with Crippen molar-refractivity contribution in [3.8, 4) is 0 Å². The van der Waals surface area contributed by atoms with Gasteiger partial charge in [0.2, 0.25) is 0 Å². The lowest BCUT2D eigenvalue weighted by Crippen LogP contribution is -2.14. The van der Waals surface area contributed by atoms with E-state index < -0.39 is 10.0 Å². The first-order chi connectivity index (χ1) is 10.0. The van der Waals surface area contributed by atoms with Crippen LogP contribution < -0.4 is 10.0 Å². The molecule has 1 heterocycles. The van der Waals surface area contributed by atoms with Crippen LogP contribution in [0, 0.1) is 0 Å². The van der Waals surface area contributed by atoms with Crippen LogP contribution in [0.5, 0.6) is 0 Å². The Bertz CT molecular complexity index is 677. The molecule has 0 spiro atoms. The van der Waals surface area contributed by atoms with Gasteiger partial charge in [0.25, 0.3) is 10.0 Å². The fraction of sp³-hybridized carbons (Fsp3) is 0.357. The number of imidazole rings is 1. The van der Waals surface area contributed by atoms with E-state index in [0.29, 0.717) is 12.2 Å². The number of nitrogens with one attached hydrogen (secondary N) is 2. The maximum atomic E-state index is 12.2. The van der Waals surface area contributed by atoms with E-state index in [0.717, 1.165) is 18.7 Å². The zero-order valence-electron chi connectivity index (χ0n) is 12.2. The molecule has 1 aromatic carbocycles. The first kappa shape index (κ1) is 15.5. The van der Waals surface area contributed by atoms with E-state index in [2.05, 4.69) is 15.0 Å². The van der Waals surface area contributed by atoms with Gasteiger partial charge in [-0.1, -0.05) is 19.1 Å². The van der Waals surface area contributed by atoms with Crippen LogP contribution in [0.15, 0.2) is 41.8 Å². The highest BCUT2D eigenvalue weighted by atomic mass is 32.2. The lowest BCUT2D eigenvalue weighted by Gasteiger charge is -2.07. The average molecular weight is 308 g/mol. The SMILES string of the molecule is CCNCc1ccc(NS(=O)(=O)c2cn(CC)cn2)cc1. The molecule has 0 aliphatic carbocycles. The number of aryl methyl sites for hydroxylation is 1. The molecule has 0 fully saturated rings. The van der Waals surface area contributed by atoms with Gasteiger partial charge in [-0.15, -0.1) is 0 Å². The zero-order valence-corrected chi connectivity index (χ0v) is 13.0. The zero-order chi connectivity index (χ0) is 15.3. The normalized spacial score (nSPS) is 11.5. The third-order valence-electron chi connectivity index (χ3n) is 3.04. The fourth-order valence-electron chi connectivity index (χ4n) is 1.82. The second-order valence-electron chi connectivity index (χ2n) is 4.63. The molecule has 6 nitrogen and oxygen atoms in total. The van der Waals surface area contributed by atoms with Crippen molar-refractivity contribution < 1.29 is 8.42 Å². The molecular formula is C14H20N4O2S. The second-order valence-corrected chi connectivity index (χ2v) is 6.25. The number of nitrogens with zero attached hydrogens (tertiary/aromatic N) is 2. The summed E-state index contributed by atoms with van der Waals surface area (Å²) in [6, 6.07) is 7.29. The predicted octanol–water partition coefficient (Wildman–Crippen LogP) is 1.81. The van der Waals surface area contributed by atoms with Crippen molar-refractivity contribution in [3.05, 3.63) is 42.4 Å². The van der Waals surface area contributed by atoms with Crippen molar-refractivity contribution in [1.82, 2.24) is 14.9 Å². The Morgan fingerprint density at radius 2 is 1.90 bits per heavy atom. The van der Waals surface area contributed by atoms with Gasteiger partial charge in [0, 0.05) is 25.0 Å². The summed E-state index contributed by atoms with van der Waals surface area (Å²) in [7, 11) is -3.63. The topological polar surface area (TPSA) is 76.0 Å². The molecule has 21 heavy (non-hydrogen) atoms. The van der Waals surface area contributed by atoms with Crippen LogP contribution >= 0.6 is 0 Å². The van der Waals surface area contributed by atoms with Gasteiger partial charge in [0.15, 0.2) is 5.03 Å². The first-order valence-corrected chi connectivity index (χ1v) is 8.37. The van der Waals surface area contributed by atoms with E-state index in [1.165, 1.54) is 12.5 Å². The summed E-state index contributed by atoms with van der Waals surface area (Å²) in [6.07, 6.45) is 3.02. The smallest absolute Gasteiger partial charge is 0.280 e. The molecule has 0 aliphatic heterocycles. The molecule has 2 aromatic rings. The quantitative estimate of drug-likeness (QED) is 0.818. The van der Waals surface area contributed by atoms with E-state index in [-0.39, 0.29) is 5.03 Å². The van der Waals surface area contributed by atoms with Gasteiger partial charge in [0.05, 0.1) is 6.33 Å². The van der Waals surface area contributed by atoms with Crippen LogP contribution in [0.1, 0.15) is 19.4 Å². The number of hydrogen-bond acceptors (Lipinski definition) is 4. The highest BCUT2D eigenvalue weighted by Gasteiger charge is 2.17. The predicted molar refractivity (Wildman–Crippen MR) is 82.5 cm³/mol. The minimum Gasteiger partial charge on any atom is -0.336 e. The van der Waals surface area contributed by atoms with Gasteiger partial charge >= 0.3 is 0 Å². The number of sulfonamides is 1. The summed E-state index contributed by atoms with van der Waals surface area (Å²) in [5.41, 5.74) is 1.64. The Balaban J connectivity index is 2.09. The Kier molecular flexibility index (Phi) is 4.98. The van der Waals surface area contributed by atoms with Crippen molar-refractivity contribution in [2.45, 2.75) is 32.0 Å². The minimum atomic E-state index is -3.63. The molecule has 0 unspecified atom stereocenters. The summed E-state index contributed by atoms with van der Waals surface area (Å²) in [4.78, 5) is 3.92. The summed E-state index contributed by atoms with van der Waals surface area (Å²) in [6.45, 7) is 6.31. The van der Waals surface area contributed by atoms with Gasteiger partial charge in [-0.2, -0.15) is 8.42 Å². The molecule has 0 amide bonds. The number of aromatic nitrogens is 2. The number of rotatable bonds is 7. The molecular weight excluding hydrogens is 288 g/mol. The van der Waals surface area contributed by atoms with E-state index in [1.54, 1.807) is 16.7 Å². The van der Waals surface area contributed by atoms with E-state index >= 15 is 0 Å². The third-order valence-corrected chi connectivity index (χ3v) is 4.30. The fourth-order valence-corrected chi connectivity index (χ4v) is 2.83. The van der Waals surface area contributed by atoms with Crippen LogP contribution in [0.25, 0.3) is 0 Å². The number of benzene rings is 1. The molecule has 0 aliphatic rings. The van der Waals surface area contributed by atoms with Crippen LogP contribution in [0.3, 0.4) is 0 Å². The van der Waals surface area contributed by atoms with Gasteiger partial charge in [-0.05, 0) is 31.2 Å². The number of hydrogen-bond donors (Lipinski definition) is 2. The maximum Gasteiger partial charge on any atom is 0.280 e. The number of anilines is 1. The molecule has 0 radical (unpaired) electrons. The van der Waals surface area contributed by atoms with E-state index in [4.69, 9.17) is 0 Å². The van der Waals surface area contributed by atoms with Crippen molar-refractivity contribution >= 4 is 15.7 Å². The van der Waals surface area contributed by atoms with Crippen LogP contribution in [0.4, 0.5) is 5.69 Å². The van der Waals surface area contributed by atoms with Crippen LogP contribution in [0.2, 0.25) is 0 Å². The Hall–Kier alpha value is -1.86. The molecule has 0 saturated carbocycles. The second kappa shape index (κ2) is 6.73. The Morgan fingerprint density at radius 1 is 1.19 bits per heavy atom. The monoisotopic (exact) mass is 308 g/mol. The lowest BCUT2D eigenvalue weighted by atomic mass is 10.2. The molecule has 2 N–H and O–H groups in total. The average Bonchev–Trinajstić information content (AvgIpc) is 2.96. The largest absolute Gasteiger partial charge is 0.336 e. The maximum absolute atomic E-state index is 12.2. The van der Waals surface area contributed by atoms with Crippen molar-refractivity contribution in [2.75, 3.05) is 11.3 Å². The summed E-state index contributed by atoms with van der Waals surface area (Å²) in [5, 5.41) is 3.24. The van der Waals surface area contributed by atoms with Crippen molar-refractivity contribution in [3.63, 3.8) is 0 Å². The molecule has 0 saturated heterocycles. The van der Waals surface area contributed by atoms with E-state index in [9.17, 15) is 8.42 Å². The summed E-state index contributed by atoms with van der Waals surface area (Å²) < 4.78 is 28.6. The standard InChI is InChI=1S/C14H20N4O2S/c1-3-15-9-12-5-7-13(8-6-12)17-21(19,20)14-10-18(4-2)11-16-14/h5-8,10-11,15,17H,3-4,9H2,1-2H3.